The summed E-state index contributed by atoms with van der Waals surface area (Å²) in [6.07, 6.45) is 6.15. The zero-order chi connectivity index (χ0) is 13.5. The number of nitrogens with zero attached hydrogens (tertiary/aromatic N) is 4. The molecule has 1 saturated carbocycles. The fourth-order valence-electron chi connectivity index (χ4n) is 2.50. The molecule has 1 aliphatic rings. The Morgan fingerprint density at radius 1 is 1.37 bits per heavy atom. The van der Waals surface area contributed by atoms with Crippen LogP contribution in [0.25, 0.3) is 5.78 Å². The summed E-state index contributed by atoms with van der Waals surface area (Å²) in [6.45, 7) is 4.62. The second-order valence-electron chi connectivity index (χ2n) is 5.87. The summed E-state index contributed by atoms with van der Waals surface area (Å²) in [6, 6.07) is 1.70. The Morgan fingerprint density at radius 3 is 2.84 bits per heavy atom. The molecule has 0 amide bonds. The average Bonchev–Trinajstić information content (AvgIpc) is 2.80. The summed E-state index contributed by atoms with van der Waals surface area (Å²) in [7, 11) is 0. The molecule has 0 N–H and O–H groups in total. The summed E-state index contributed by atoms with van der Waals surface area (Å²) in [5.41, 5.74) is 0.429. The van der Waals surface area contributed by atoms with Gasteiger partial charge < -0.3 is 4.74 Å². The Balaban J connectivity index is 1.80. The third-order valence-corrected chi connectivity index (χ3v) is 3.96. The van der Waals surface area contributed by atoms with E-state index in [-0.39, 0.29) is 6.10 Å². The highest BCUT2D eigenvalue weighted by atomic mass is 35.5. The molecule has 1 fully saturated rings. The van der Waals surface area contributed by atoms with Crippen LogP contribution in [0.3, 0.4) is 0 Å². The molecule has 0 bridgehead atoms. The first-order valence-corrected chi connectivity index (χ1v) is 6.94. The predicted molar refractivity (Wildman–Crippen MR) is 72.5 cm³/mol. The van der Waals surface area contributed by atoms with E-state index in [1.165, 1.54) is 19.2 Å². The second kappa shape index (κ2) is 4.63. The van der Waals surface area contributed by atoms with Crippen LogP contribution >= 0.6 is 11.6 Å². The summed E-state index contributed by atoms with van der Waals surface area (Å²) in [4.78, 5) is 8.12. The molecule has 2 aromatic heterocycles. The van der Waals surface area contributed by atoms with E-state index in [9.17, 15) is 0 Å². The zero-order valence-electron chi connectivity index (χ0n) is 11.1. The molecule has 3 rings (SSSR count). The first-order chi connectivity index (χ1) is 9.03. The van der Waals surface area contributed by atoms with Crippen molar-refractivity contribution >= 4 is 17.4 Å². The minimum atomic E-state index is 0.221. The zero-order valence-corrected chi connectivity index (χ0v) is 11.9. The van der Waals surface area contributed by atoms with E-state index in [4.69, 9.17) is 16.3 Å². The van der Waals surface area contributed by atoms with Gasteiger partial charge in [0, 0.05) is 6.07 Å². The van der Waals surface area contributed by atoms with E-state index in [0.29, 0.717) is 22.2 Å². The lowest BCUT2D eigenvalue weighted by molar-refractivity contribution is 0.0927. The number of hydrogen-bond donors (Lipinski definition) is 0. The first kappa shape index (κ1) is 12.7. The van der Waals surface area contributed by atoms with E-state index in [1.54, 1.807) is 10.6 Å². The quantitative estimate of drug-likeness (QED) is 0.793. The Bertz CT molecular complexity index is 585. The molecule has 5 nitrogen and oxygen atoms in total. The maximum Gasteiger partial charge on any atom is 0.256 e. The molecule has 0 saturated heterocycles. The Labute approximate surface area is 117 Å². The van der Waals surface area contributed by atoms with Crippen molar-refractivity contribution < 1.29 is 4.74 Å². The number of aromatic nitrogens is 4. The number of halogens is 1. The summed E-state index contributed by atoms with van der Waals surface area (Å²) in [5.74, 6) is 1.09. The molecule has 0 radical (unpaired) electrons. The summed E-state index contributed by atoms with van der Waals surface area (Å²) < 4.78 is 7.63. The molecule has 19 heavy (non-hydrogen) atoms. The third kappa shape index (κ3) is 2.66. The molecule has 0 unspecified atom stereocenters. The number of ether oxygens (including phenoxy) is 1. The van der Waals surface area contributed by atoms with Crippen molar-refractivity contribution in [3.63, 3.8) is 0 Å². The van der Waals surface area contributed by atoms with Gasteiger partial charge in [0.2, 0.25) is 5.88 Å². The van der Waals surface area contributed by atoms with Crippen LogP contribution in [0.4, 0.5) is 0 Å². The van der Waals surface area contributed by atoms with Gasteiger partial charge in [0.05, 0.1) is 0 Å². The summed E-state index contributed by atoms with van der Waals surface area (Å²) >= 11 is 5.97. The van der Waals surface area contributed by atoms with Crippen LogP contribution < -0.4 is 4.74 Å². The third-order valence-electron chi connectivity index (χ3n) is 3.76. The van der Waals surface area contributed by atoms with E-state index < -0.39 is 0 Å². The minimum Gasteiger partial charge on any atom is -0.474 e. The topological polar surface area (TPSA) is 52.3 Å². The lowest BCUT2D eigenvalue weighted by Gasteiger charge is -2.34. The van der Waals surface area contributed by atoms with Crippen LogP contribution in [-0.4, -0.2) is 25.7 Å². The fourth-order valence-corrected chi connectivity index (χ4v) is 2.67. The molecule has 6 heteroatoms. The predicted octanol–water partition coefficient (Wildman–Crippen LogP) is 3.13. The SMILES string of the molecule is CC1(C)CCC(Oc2cc(Cl)nc3ncnn23)CC1. The average molecular weight is 281 g/mol. The highest BCUT2D eigenvalue weighted by Crippen LogP contribution is 2.36. The largest absolute Gasteiger partial charge is 0.474 e. The Kier molecular flexibility index (Phi) is 3.09. The first-order valence-electron chi connectivity index (χ1n) is 6.56. The molecule has 2 heterocycles. The van der Waals surface area contributed by atoms with Crippen LogP contribution in [0.5, 0.6) is 5.88 Å². The number of hydrogen-bond acceptors (Lipinski definition) is 4. The fraction of sp³-hybridized carbons (Fsp3) is 0.615. The standard InChI is InChI=1S/C13H17ClN4O/c1-13(2)5-3-9(4-6-13)19-11-7-10(14)17-12-15-8-16-18(11)12/h7-9H,3-6H2,1-2H3. The van der Waals surface area contributed by atoms with Crippen LogP contribution in [0.15, 0.2) is 12.4 Å². The molecular weight excluding hydrogens is 264 g/mol. The van der Waals surface area contributed by atoms with Crippen molar-refractivity contribution in [2.24, 2.45) is 5.41 Å². The van der Waals surface area contributed by atoms with Crippen LogP contribution in [0.2, 0.25) is 5.15 Å². The van der Waals surface area contributed by atoms with Gasteiger partial charge >= 0.3 is 0 Å². The van der Waals surface area contributed by atoms with Crippen molar-refractivity contribution in [1.82, 2.24) is 19.6 Å². The molecular formula is C13H17ClN4O. The Hall–Kier alpha value is -1.36. The molecule has 0 aromatic carbocycles. The van der Waals surface area contributed by atoms with Gasteiger partial charge in [-0.15, -0.1) is 0 Å². The molecule has 0 spiro atoms. The maximum atomic E-state index is 6.04. The van der Waals surface area contributed by atoms with Crippen molar-refractivity contribution in [3.8, 4) is 5.88 Å². The van der Waals surface area contributed by atoms with Gasteiger partial charge in [-0.1, -0.05) is 25.4 Å². The lowest BCUT2D eigenvalue weighted by Crippen LogP contribution is -2.29. The van der Waals surface area contributed by atoms with Gasteiger partial charge in [0.25, 0.3) is 5.78 Å². The monoisotopic (exact) mass is 280 g/mol. The van der Waals surface area contributed by atoms with Crippen LogP contribution in [-0.2, 0) is 0 Å². The number of rotatable bonds is 2. The smallest absolute Gasteiger partial charge is 0.256 e. The van der Waals surface area contributed by atoms with Crippen molar-refractivity contribution in [2.45, 2.75) is 45.6 Å². The van der Waals surface area contributed by atoms with Gasteiger partial charge in [-0.2, -0.15) is 19.6 Å². The van der Waals surface area contributed by atoms with E-state index >= 15 is 0 Å². The van der Waals surface area contributed by atoms with Crippen molar-refractivity contribution in [2.75, 3.05) is 0 Å². The van der Waals surface area contributed by atoms with Crippen LogP contribution in [0, 0.1) is 5.41 Å². The molecule has 0 aliphatic heterocycles. The molecule has 0 atom stereocenters. The summed E-state index contributed by atoms with van der Waals surface area (Å²) in [5, 5.41) is 4.49. The van der Waals surface area contributed by atoms with E-state index in [0.717, 1.165) is 12.8 Å². The normalized spacial score (nSPS) is 19.7. The molecule has 102 valence electrons. The van der Waals surface area contributed by atoms with Gasteiger partial charge in [-0.3, -0.25) is 0 Å². The van der Waals surface area contributed by atoms with Gasteiger partial charge in [-0.05, 0) is 31.1 Å². The number of fused-ring (bicyclic) bond motifs is 1. The van der Waals surface area contributed by atoms with Gasteiger partial charge in [-0.25, -0.2) is 0 Å². The van der Waals surface area contributed by atoms with E-state index in [2.05, 4.69) is 28.9 Å². The molecule has 1 aliphatic carbocycles. The minimum absolute atomic E-state index is 0.221. The highest BCUT2D eigenvalue weighted by Gasteiger charge is 2.28. The van der Waals surface area contributed by atoms with E-state index in [1.807, 2.05) is 0 Å². The van der Waals surface area contributed by atoms with Gasteiger partial charge in [0.15, 0.2) is 0 Å². The maximum absolute atomic E-state index is 6.04. The van der Waals surface area contributed by atoms with Crippen LogP contribution in [0.1, 0.15) is 39.5 Å². The Morgan fingerprint density at radius 2 is 2.11 bits per heavy atom. The van der Waals surface area contributed by atoms with Crippen molar-refractivity contribution in [1.29, 1.82) is 0 Å². The van der Waals surface area contributed by atoms with Gasteiger partial charge in [0.1, 0.15) is 17.6 Å². The highest BCUT2D eigenvalue weighted by molar-refractivity contribution is 6.29. The van der Waals surface area contributed by atoms with Crippen molar-refractivity contribution in [3.05, 3.63) is 17.5 Å². The second-order valence-corrected chi connectivity index (χ2v) is 6.26. The molecule has 2 aromatic rings. The lowest BCUT2D eigenvalue weighted by atomic mass is 9.76.